The zero-order valence-electron chi connectivity index (χ0n) is 11.4. The van der Waals surface area contributed by atoms with Crippen molar-refractivity contribution < 1.29 is 5.11 Å². The van der Waals surface area contributed by atoms with Crippen LogP contribution in [0.1, 0.15) is 18.5 Å². The summed E-state index contributed by atoms with van der Waals surface area (Å²) in [4.78, 5) is 6.86. The van der Waals surface area contributed by atoms with Crippen LogP contribution in [0.2, 0.25) is 0 Å². The van der Waals surface area contributed by atoms with Gasteiger partial charge in [-0.3, -0.25) is 0 Å². The molecule has 1 aliphatic heterocycles. The highest BCUT2D eigenvalue weighted by molar-refractivity contribution is 7.15. The molecule has 1 aliphatic rings. The van der Waals surface area contributed by atoms with E-state index < -0.39 is 0 Å². The molecular weight excluding hydrogens is 292 g/mol. The summed E-state index contributed by atoms with van der Waals surface area (Å²) in [5.74, 6) is 1.01. The van der Waals surface area contributed by atoms with Gasteiger partial charge in [0.2, 0.25) is 0 Å². The normalized spacial score (nSPS) is 16.8. The molecule has 1 fully saturated rings. The predicted molar refractivity (Wildman–Crippen MR) is 84.4 cm³/mol. The quantitative estimate of drug-likeness (QED) is 0.910. The molecule has 0 unspecified atom stereocenters. The summed E-state index contributed by atoms with van der Waals surface area (Å²) in [7, 11) is 0. The molecule has 3 heterocycles. The average Bonchev–Trinajstić information content (AvgIpc) is 3.05. The fourth-order valence-electron chi connectivity index (χ4n) is 2.50. The van der Waals surface area contributed by atoms with E-state index in [1.54, 1.807) is 11.3 Å². The van der Waals surface area contributed by atoms with Crippen LogP contribution in [0.4, 0.5) is 10.8 Å². The number of rotatable bonds is 3. The maximum absolute atomic E-state index is 9.23. The highest BCUT2D eigenvalue weighted by Gasteiger charge is 2.25. The summed E-state index contributed by atoms with van der Waals surface area (Å²) in [6.45, 7) is 4.17. The van der Waals surface area contributed by atoms with Crippen LogP contribution in [0.5, 0.6) is 0 Å². The van der Waals surface area contributed by atoms with E-state index in [-0.39, 0.29) is 6.61 Å². The minimum absolute atomic E-state index is 0.289. The first-order chi connectivity index (χ1) is 9.69. The van der Waals surface area contributed by atoms with Crippen LogP contribution in [-0.2, 0) is 0 Å². The summed E-state index contributed by atoms with van der Waals surface area (Å²) < 4.78 is 4.31. The van der Waals surface area contributed by atoms with Crippen molar-refractivity contribution in [2.75, 3.05) is 30.3 Å². The standard InChI is InChI=1S/C13H18N4OS2/c1-8-7-19-12(15-8)10-11(14)16-20-13(10)17-4-2-9(6-18)3-5-17/h7,9,18H,2-6H2,1H3,(H2,14,16). The molecule has 2 aromatic heterocycles. The Bertz CT molecular complexity index is 587. The fourth-order valence-corrected chi connectivity index (χ4v) is 4.28. The Hall–Kier alpha value is -1.18. The molecule has 0 radical (unpaired) electrons. The van der Waals surface area contributed by atoms with Crippen LogP contribution >= 0.6 is 22.9 Å². The van der Waals surface area contributed by atoms with Gasteiger partial charge in [0.1, 0.15) is 15.8 Å². The Morgan fingerprint density at radius 2 is 2.20 bits per heavy atom. The number of aliphatic hydroxyl groups is 1. The van der Waals surface area contributed by atoms with Crippen molar-refractivity contribution >= 4 is 33.7 Å². The lowest BCUT2D eigenvalue weighted by molar-refractivity contribution is 0.203. The topological polar surface area (TPSA) is 75.3 Å². The molecular formula is C13H18N4OS2. The number of hydrogen-bond donors (Lipinski definition) is 2. The molecule has 0 aliphatic carbocycles. The number of piperidine rings is 1. The lowest BCUT2D eigenvalue weighted by Gasteiger charge is -2.32. The molecule has 0 amide bonds. The van der Waals surface area contributed by atoms with E-state index in [2.05, 4.69) is 14.3 Å². The van der Waals surface area contributed by atoms with E-state index in [9.17, 15) is 5.11 Å². The first-order valence-electron chi connectivity index (χ1n) is 6.72. The Kier molecular flexibility index (Phi) is 3.91. The van der Waals surface area contributed by atoms with Crippen LogP contribution in [0.25, 0.3) is 10.6 Å². The van der Waals surface area contributed by atoms with Gasteiger partial charge in [-0.25, -0.2) is 4.98 Å². The Morgan fingerprint density at radius 3 is 2.80 bits per heavy atom. The zero-order chi connectivity index (χ0) is 14.1. The highest BCUT2D eigenvalue weighted by atomic mass is 32.1. The van der Waals surface area contributed by atoms with Gasteiger partial charge < -0.3 is 15.7 Å². The first kappa shape index (κ1) is 13.8. The molecule has 20 heavy (non-hydrogen) atoms. The Balaban J connectivity index is 1.88. The van der Waals surface area contributed by atoms with E-state index in [0.717, 1.165) is 47.2 Å². The largest absolute Gasteiger partial charge is 0.396 e. The second-order valence-electron chi connectivity index (χ2n) is 5.16. The number of aryl methyl sites for hydroxylation is 1. The molecule has 1 saturated heterocycles. The molecule has 3 rings (SSSR count). The molecule has 7 heteroatoms. The van der Waals surface area contributed by atoms with Crippen LogP contribution in [0.3, 0.4) is 0 Å². The molecule has 0 aromatic carbocycles. The van der Waals surface area contributed by atoms with Gasteiger partial charge in [-0.2, -0.15) is 4.37 Å². The van der Waals surface area contributed by atoms with E-state index in [1.807, 2.05) is 12.3 Å². The van der Waals surface area contributed by atoms with Gasteiger partial charge in [0.25, 0.3) is 0 Å². The third kappa shape index (κ3) is 2.53. The monoisotopic (exact) mass is 310 g/mol. The summed E-state index contributed by atoms with van der Waals surface area (Å²) in [6, 6.07) is 0. The van der Waals surface area contributed by atoms with Gasteiger partial charge in [0.15, 0.2) is 0 Å². The fraction of sp³-hybridized carbons (Fsp3) is 0.538. The second-order valence-corrected chi connectivity index (χ2v) is 6.76. The van der Waals surface area contributed by atoms with Gasteiger partial charge in [0.05, 0.1) is 5.56 Å². The van der Waals surface area contributed by atoms with Gasteiger partial charge in [-0.05, 0) is 37.2 Å². The molecule has 0 atom stereocenters. The van der Waals surface area contributed by atoms with Gasteiger partial charge in [0, 0.05) is 30.8 Å². The van der Waals surface area contributed by atoms with Gasteiger partial charge >= 0.3 is 0 Å². The Labute approximate surface area is 126 Å². The van der Waals surface area contributed by atoms with Crippen molar-refractivity contribution in [3.8, 4) is 10.6 Å². The predicted octanol–water partition coefficient (Wildman–Crippen LogP) is 2.37. The third-order valence-electron chi connectivity index (χ3n) is 3.69. The first-order valence-corrected chi connectivity index (χ1v) is 8.37. The summed E-state index contributed by atoms with van der Waals surface area (Å²) in [5.41, 5.74) is 8.04. The SMILES string of the molecule is Cc1csc(-c2c(N)nsc2N2CCC(CO)CC2)n1. The van der Waals surface area contributed by atoms with Crippen LogP contribution in [0, 0.1) is 12.8 Å². The average molecular weight is 310 g/mol. The number of nitrogens with two attached hydrogens (primary N) is 1. The minimum atomic E-state index is 0.289. The Morgan fingerprint density at radius 1 is 1.45 bits per heavy atom. The molecule has 108 valence electrons. The van der Waals surface area contributed by atoms with Gasteiger partial charge in [-0.1, -0.05) is 0 Å². The number of aromatic nitrogens is 2. The number of nitrogens with zero attached hydrogens (tertiary/aromatic N) is 3. The third-order valence-corrected chi connectivity index (χ3v) is 5.59. The number of nitrogen functional groups attached to an aromatic ring is 1. The number of thiazole rings is 1. The van der Waals surface area contributed by atoms with E-state index >= 15 is 0 Å². The van der Waals surface area contributed by atoms with Crippen molar-refractivity contribution in [1.29, 1.82) is 0 Å². The van der Waals surface area contributed by atoms with Gasteiger partial charge in [-0.15, -0.1) is 11.3 Å². The molecule has 2 aromatic rings. The molecule has 0 spiro atoms. The molecule has 0 bridgehead atoms. The highest BCUT2D eigenvalue weighted by Crippen LogP contribution is 2.41. The van der Waals surface area contributed by atoms with E-state index in [4.69, 9.17) is 5.73 Å². The maximum atomic E-state index is 9.23. The van der Waals surface area contributed by atoms with Crippen molar-refractivity contribution in [3.05, 3.63) is 11.1 Å². The number of hydrogen-bond acceptors (Lipinski definition) is 7. The van der Waals surface area contributed by atoms with Crippen molar-refractivity contribution in [3.63, 3.8) is 0 Å². The zero-order valence-corrected chi connectivity index (χ0v) is 13.0. The summed E-state index contributed by atoms with van der Waals surface area (Å²) in [5, 5.41) is 13.3. The minimum Gasteiger partial charge on any atom is -0.396 e. The van der Waals surface area contributed by atoms with Crippen molar-refractivity contribution in [2.45, 2.75) is 19.8 Å². The number of anilines is 2. The van der Waals surface area contributed by atoms with Crippen molar-refractivity contribution in [2.24, 2.45) is 5.92 Å². The molecule has 5 nitrogen and oxygen atoms in total. The lowest BCUT2D eigenvalue weighted by atomic mass is 9.98. The van der Waals surface area contributed by atoms with Crippen LogP contribution in [-0.4, -0.2) is 34.2 Å². The lowest BCUT2D eigenvalue weighted by Crippen LogP contribution is -2.34. The molecule has 3 N–H and O–H groups in total. The van der Waals surface area contributed by atoms with Crippen LogP contribution in [0.15, 0.2) is 5.38 Å². The maximum Gasteiger partial charge on any atom is 0.149 e. The van der Waals surface area contributed by atoms with Crippen molar-refractivity contribution in [1.82, 2.24) is 9.36 Å². The second kappa shape index (κ2) is 5.67. The smallest absolute Gasteiger partial charge is 0.149 e. The van der Waals surface area contributed by atoms with E-state index in [1.165, 1.54) is 11.5 Å². The van der Waals surface area contributed by atoms with E-state index in [0.29, 0.717) is 11.7 Å². The number of aliphatic hydroxyl groups excluding tert-OH is 1. The van der Waals surface area contributed by atoms with Crippen LogP contribution < -0.4 is 10.6 Å². The molecule has 0 saturated carbocycles. The summed E-state index contributed by atoms with van der Waals surface area (Å²) in [6.07, 6.45) is 2.04. The summed E-state index contributed by atoms with van der Waals surface area (Å²) >= 11 is 3.06.